The standard InChI is InChI=1S/C25H28O3.C16H18O2.C10H12O2/c1-14-6-17(4)23(26)19(8-14)12-21-10-16(3)11-22(25(21)28)13-20-9-15(2)7-18(5)24(20)27;1-9-5-13(6-10(2)15(9)17)14-7-11(3)16(18)12(4)8-14;1-7-5-9(3-4-11)6-8(2)10(7)12/h6-11,26-28H,12-13H2,1-5H3;5-8,17-18H,1-4H3;4-6,12H,3H2,1-2H3. The first kappa shape index (κ1) is 44.5. The highest BCUT2D eigenvalue weighted by molar-refractivity contribution is 5.70. The summed E-state index contributed by atoms with van der Waals surface area (Å²) in [6.07, 6.45) is 2.19. The predicted octanol–water partition coefficient (Wildman–Crippen LogP) is 11.3. The number of hydrogen-bond donors (Lipinski definition) is 6. The largest absolute Gasteiger partial charge is 0.507 e. The zero-order valence-corrected chi connectivity index (χ0v) is 35.7. The second kappa shape index (κ2) is 18.8. The Morgan fingerprint density at radius 2 is 0.603 bits per heavy atom. The van der Waals surface area contributed by atoms with Gasteiger partial charge in [-0.05, 0) is 184 Å². The van der Waals surface area contributed by atoms with Crippen molar-refractivity contribution in [2.24, 2.45) is 0 Å². The maximum absolute atomic E-state index is 10.9. The van der Waals surface area contributed by atoms with E-state index in [1.165, 1.54) is 0 Å². The first-order valence-corrected chi connectivity index (χ1v) is 19.4. The van der Waals surface area contributed by atoms with Crippen LogP contribution in [0.5, 0.6) is 34.5 Å². The highest BCUT2D eigenvalue weighted by Crippen LogP contribution is 2.36. The van der Waals surface area contributed by atoms with Gasteiger partial charge < -0.3 is 35.4 Å². The fourth-order valence-electron chi connectivity index (χ4n) is 7.48. The molecule has 0 aliphatic heterocycles. The smallest absolute Gasteiger partial charge is 0.124 e. The van der Waals surface area contributed by atoms with Crippen LogP contribution in [0.1, 0.15) is 89.0 Å². The van der Waals surface area contributed by atoms with Gasteiger partial charge in [0.15, 0.2) is 0 Å². The van der Waals surface area contributed by atoms with Crippen LogP contribution in [0.25, 0.3) is 11.1 Å². The normalized spacial score (nSPS) is 10.7. The lowest BCUT2D eigenvalue weighted by Crippen LogP contribution is -1.98. The molecule has 0 saturated heterocycles. The Hall–Kier alpha value is -6.21. The van der Waals surface area contributed by atoms with E-state index in [2.05, 4.69) is 0 Å². The lowest BCUT2D eigenvalue weighted by atomic mass is 9.92. The Balaban J connectivity index is 0.000000212. The summed E-state index contributed by atoms with van der Waals surface area (Å²) in [5.74, 6) is 1.81. The maximum Gasteiger partial charge on any atom is 0.124 e. The van der Waals surface area contributed by atoms with Crippen LogP contribution >= 0.6 is 0 Å². The Bertz CT molecular complexity index is 2270. The fraction of sp³-hybridized carbons (Fsp3) is 0.275. The van der Waals surface area contributed by atoms with Gasteiger partial charge in [0.2, 0.25) is 0 Å². The van der Waals surface area contributed by atoms with Gasteiger partial charge in [-0.3, -0.25) is 0 Å². The first-order valence-electron chi connectivity index (χ1n) is 19.4. The van der Waals surface area contributed by atoms with Crippen LogP contribution in [0, 0.1) is 76.2 Å². The summed E-state index contributed by atoms with van der Waals surface area (Å²) in [7, 11) is 0. The summed E-state index contributed by atoms with van der Waals surface area (Å²) < 4.78 is 0. The van der Waals surface area contributed by atoms with Gasteiger partial charge in [-0.25, -0.2) is 0 Å². The third kappa shape index (κ3) is 10.8. The molecule has 58 heavy (non-hydrogen) atoms. The minimum absolute atomic E-state index is 0.225. The van der Waals surface area contributed by atoms with E-state index in [-0.39, 0.29) is 17.2 Å². The molecule has 7 heteroatoms. The van der Waals surface area contributed by atoms with E-state index in [9.17, 15) is 35.4 Å². The molecule has 0 heterocycles. The second-order valence-electron chi connectivity index (χ2n) is 15.8. The number of phenolic OH excluding ortho intramolecular Hbond substituents is 6. The van der Waals surface area contributed by atoms with Crippen LogP contribution in [0.4, 0.5) is 0 Å². The second-order valence-corrected chi connectivity index (χ2v) is 15.8. The summed E-state index contributed by atoms with van der Waals surface area (Å²) >= 11 is 0. The average Bonchev–Trinajstić information content (AvgIpc) is 3.14. The van der Waals surface area contributed by atoms with Crippen LogP contribution in [0.2, 0.25) is 0 Å². The van der Waals surface area contributed by atoms with Crippen molar-refractivity contribution in [2.75, 3.05) is 0 Å². The van der Waals surface area contributed by atoms with E-state index in [1.54, 1.807) is 0 Å². The zero-order valence-electron chi connectivity index (χ0n) is 35.7. The van der Waals surface area contributed by atoms with Crippen molar-refractivity contribution < 1.29 is 35.4 Å². The number of rotatable bonds is 7. The van der Waals surface area contributed by atoms with Crippen molar-refractivity contribution in [1.82, 2.24) is 0 Å². The molecular weight excluding hydrogens is 725 g/mol. The molecule has 0 amide bonds. The number of carbonyl (C=O) groups is 1. The van der Waals surface area contributed by atoms with Crippen molar-refractivity contribution in [3.8, 4) is 45.6 Å². The van der Waals surface area contributed by atoms with Crippen LogP contribution in [0.15, 0.2) is 72.8 Å². The molecule has 6 N–H and O–H groups in total. The van der Waals surface area contributed by atoms with Crippen LogP contribution in [0.3, 0.4) is 0 Å². The molecule has 0 spiro atoms. The molecule has 0 fully saturated rings. The molecule has 0 atom stereocenters. The Kier molecular flexibility index (Phi) is 14.4. The topological polar surface area (TPSA) is 138 Å². The summed E-state index contributed by atoms with van der Waals surface area (Å²) in [4.78, 5) is 10.2. The van der Waals surface area contributed by atoms with E-state index in [0.29, 0.717) is 36.5 Å². The number of aryl methyl sites for hydroxylation is 11. The molecule has 0 bridgehead atoms. The summed E-state index contributed by atoms with van der Waals surface area (Å²) in [6, 6.07) is 23.2. The van der Waals surface area contributed by atoms with Gasteiger partial charge in [-0.1, -0.05) is 65.2 Å². The van der Waals surface area contributed by atoms with Gasteiger partial charge in [-0.2, -0.15) is 0 Å². The molecule has 6 aromatic carbocycles. The van der Waals surface area contributed by atoms with Crippen molar-refractivity contribution in [1.29, 1.82) is 0 Å². The van der Waals surface area contributed by atoms with Crippen LogP contribution < -0.4 is 0 Å². The van der Waals surface area contributed by atoms with Crippen molar-refractivity contribution >= 4 is 6.29 Å². The SMILES string of the molecule is Cc1cc(-c2cc(C)c(O)c(C)c2)cc(C)c1O.Cc1cc(C)c(O)c(Cc2cc(C)cc(Cc3cc(C)cc(C)c3O)c2O)c1.Cc1cc(CC=O)cc(C)c1O. The van der Waals surface area contributed by atoms with Gasteiger partial charge in [0.25, 0.3) is 0 Å². The molecule has 0 aromatic heterocycles. The monoisotopic (exact) mass is 782 g/mol. The van der Waals surface area contributed by atoms with Gasteiger partial charge >= 0.3 is 0 Å². The molecule has 6 aromatic rings. The number of aromatic hydroxyl groups is 6. The third-order valence-electron chi connectivity index (χ3n) is 10.4. The summed E-state index contributed by atoms with van der Waals surface area (Å²) in [6.45, 7) is 21.0. The van der Waals surface area contributed by atoms with Crippen molar-refractivity contribution in [2.45, 2.75) is 95.4 Å². The Morgan fingerprint density at radius 3 is 0.914 bits per heavy atom. The van der Waals surface area contributed by atoms with E-state index in [0.717, 1.165) is 106 Å². The van der Waals surface area contributed by atoms with Gasteiger partial charge in [-0.15, -0.1) is 0 Å². The van der Waals surface area contributed by atoms with E-state index >= 15 is 0 Å². The average molecular weight is 783 g/mol. The van der Waals surface area contributed by atoms with Crippen LogP contribution in [-0.4, -0.2) is 36.9 Å². The highest BCUT2D eigenvalue weighted by atomic mass is 16.3. The molecular formula is C51H58O7. The quantitative estimate of drug-likeness (QED) is 0.0887. The van der Waals surface area contributed by atoms with E-state index < -0.39 is 0 Å². The molecule has 0 aliphatic rings. The highest BCUT2D eigenvalue weighted by Gasteiger charge is 2.16. The summed E-state index contributed by atoms with van der Waals surface area (Å²) in [5.41, 5.74) is 16.2. The molecule has 304 valence electrons. The minimum atomic E-state index is 0.225. The third-order valence-corrected chi connectivity index (χ3v) is 10.4. The molecule has 6 rings (SSSR count). The predicted molar refractivity (Wildman–Crippen MR) is 235 cm³/mol. The fourth-order valence-corrected chi connectivity index (χ4v) is 7.48. The lowest BCUT2D eigenvalue weighted by Gasteiger charge is -2.15. The number of carbonyl (C=O) groups excluding carboxylic acids is 1. The van der Waals surface area contributed by atoms with Gasteiger partial charge in [0.1, 0.15) is 40.8 Å². The Morgan fingerprint density at radius 1 is 0.345 bits per heavy atom. The van der Waals surface area contributed by atoms with Crippen molar-refractivity contribution in [3.05, 3.63) is 162 Å². The molecule has 0 saturated carbocycles. The van der Waals surface area contributed by atoms with Gasteiger partial charge in [0, 0.05) is 19.3 Å². The maximum atomic E-state index is 10.9. The molecule has 7 nitrogen and oxygen atoms in total. The molecule has 0 radical (unpaired) electrons. The van der Waals surface area contributed by atoms with E-state index in [4.69, 9.17) is 0 Å². The number of hydrogen-bond acceptors (Lipinski definition) is 7. The Labute approximate surface area is 343 Å². The molecule has 0 aliphatic carbocycles. The number of aldehydes is 1. The number of phenols is 6. The van der Waals surface area contributed by atoms with Crippen LogP contribution in [-0.2, 0) is 24.1 Å². The zero-order chi connectivity index (χ0) is 43.2. The van der Waals surface area contributed by atoms with E-state index in [1.807, 2.05) is 149 Å². The summed E-state index contributed by atoms with van der Waals surface area (Å²) in [5, 5.41) is 60.8. The van der Waals surface area contributed by atoms with Crippen molar-refractivity contribution in [3.63, 3.8) is 0 Å². The number of benzene rings is 6. The molecule has 0 unspecified atom stereocenters. The van der Waals surface area contributed by atoms with Gasteiger partial charge in [0.05, 0.1) is 0 Å². The first-order chi connectivity index (χ1) is 27.2. The lowest BCUT2D eigenvalue weighted by molar-refractivity contribution is -0.107. The minimum Gasteiger partial charge on any atom is -0.507 e.